The smallest absolute Gasteiger partial charge is 0.199 e. The first-order valence-corrected chi connectivity index (χ1v) is 14.8. The molecule has 0 amide bonds. The van der Waals surface area contributed by atoms with Crippen molar-refractivity contribution in [2.75, 3.05) is 0 Å². The summed E-state index contributed by atoms with van der Waals surface area (Å²) in [5.74, 6) is -80.3. The number of alkyl halides is 21. The number of halogens is 21. The highest BCUT2D eigenvalue weighted by molar-refractivity contribution is 5.26. The zero-order valence-corrected chi connectivity index (χ0v) is 25.5. The molecule has 1 fully saturated rings. The van der Waals surface area contributed by atoms with Gasteiger partial charge >= 0.3 is 59.5 Å². The van der Waals surface area contributed by atoms with Gasteiger partial charge in [0.15, 0.2) is 0 Å². The maximum atomic E-state index is 14.8. The summed E-state index contributed by atoms with van der Waals surface area (Å²) in [6, 6.07) is 6.40. The van der Waals surface area contributed by atoms with Crippen LogP contribution in [0.15, 0.2) is 24.3 Å². The number of aryl methyl sites for hydroxylation is 1. The fourth-order valence-electron chi connectivity index (χ4n) is 5.51. The Morgan fingerprint density at radius 2 is 0.800 bits per heavy atom. The van der Waals surface area contributed by atoms with E-state index in [2.05, 4.69) is 0 Å². The zero-order valence-electron chi connectivity index (χ0n) is 25.5. The van der Waals surface area contributed by atoms with Crippen LogP contribution >= 0.6 is 0 Å². The van der Waals surface area contributed by atoms with Crippen LogP contribution in [-0.2, 0) is 6.42 Å². The lowest BCUT2D eigenvalue weighted by Crippen LogP contribution is -2.77. The summed E-state index contributed by atoms with van der Waals surface area (Å²) in [5, 5.41) is 0. The first kappa shape index (κ1) is 43.9. The average molecular weight is 777 g/mol. The SMILES string of the molecule is CCCCCCCc1ccc([C@H]2CC[C@H](C(F)(F)C(F)(F)C(F)(F)C(F)(F)C(F)(F)C(F)(F)C(F)(F)C(F)(F)C(F)(F)C(F)(F)F)CC2)cc1. The van der Waals surface area contributed by atoms with Crippen molar-refractivity contribution < 1.29 is 92.2 Å². The van der Waals surface area contributed by atoms with Crippen molar-refractivity contribution in [1.29, 1.82) is 0 Å². The molecule has 0 aliphatic heterocycles. The lowest BCUT2D eigenvalue weighted by Gasteiger charge is -2.46. The van der Waals surface area contributed by atoms with Gasteiger partial charge in [-0.15, -0.1) is 0 Å². The van der Waals surface area contributed by atoms with Gasteiger partial charge in [-0.2, -0.15) is 92.2 Å². The average Bonchev–Trinajstić information content (AvgIpc) is 3.00. The molecular formula is C29H29F21. The molecule has 0 radical (unpaired) electrons. The van der Waals surface area contributed by atoms with Crippen molar-refractivity contribution in [2.45, 2.75) is 137 Å². The third kappa shape index (κ3) is 6.84. The second-order valence-electron chi connectivity index (χ2n) is 12.2. The second kappa shape index (κ2) is 14.0. The van der Waals surface area contributed by atoms with Crippen LogP contribution in [0.3, 0.4) is 0 Å². The van der Waals surface area contributed by atoms with Crippen LogP contribution in [0.1, 0.15) is 81.8 Å². The number of hydrogen-bond acceptors (Lipinski definition) is 0. The number of benzene rings is 1. The molecule has 50 heavy (non-hydrogen) atoms. The van der Waals surface area contributed by atoms with E-state index in [1.54, 1.807) is 24.3 Å². The van der Waals surface area contributed by atoms with Gasteiger partial charge in [0.25, 0.3) is 0 Å². The number of rotatable bonds is 16. The highest BCUT2D eigenvalue weighted by Gasteiger charge is 2.98. The summed E-state index contributed by atoms with van der Waals surface area (Å²) < 4.78 is 288. The minimum Gasteiger partial charge on any atom is -0.199 e. The number of unbranched alkanes of at least 4 members (excludes halogenated alkanes) is 4. The minimum atomic E-state index is -9.15. The molecule has 1 aliphatic carbocycles. The molecular weight excluding hydrogens is 747 g/mol. The van der Waals surface area contributed by atoms with Crippen molar-refractivity contribution >= 4 is 0 Å². The molecule has 1 aromatic rings. The van der Waals surface area contributed by atoms with E-state index in [0.717, 1.165) is 37.7 Å². The monoisotopic (exact) mass is 776 g/mol. The molecule has 2 rings (SSSR count). The molecule has 292 valence electrons. The van der Waals surface area contributed by atoms with E-state index in [0.29, 0.717) is 12.0 Å². The molecule has 1 saturated carbocycles. The number of hydrogen-bond donors (Lipinski definition) is 0. The molecule has 0 nitrogen and oxygen atoms in total. The lowest BCUT2D eigenvalue weighted by molar-refractivity contribution is -0.475. The maximum Gasteiger partial charge on any atom is 0.460 e. The van der Waals surface area contributed by atoms with Crippen LogP contribution in [0.4, 0.5) is 92.2 Å². The van der Waals surface area contributed by atoms with Gasteiger partial charge in [-0.1, -0.05) is 56.9 Å². The first-order valence-electron chi connectivity index (χ1n) is 14.8. The van der Waals surface area contributed by atoms with E-state index in [4.69, 9.17) is 0 Å². The Balaban J connectivity index is 2.33. The van der Waals surface area contributed by atoms with Crippen LogP contribution in [0, 0.1) is 5.92 Å². The summed E-state index contributed by atoms with van der Waals surface area (Å²) in [6.07, 6.45) is -5.99. The lowest BCUT2D eigenvalue weighted by atomic mass is 9.73. The molecule has 0 aromatic heterocycles. The van der Waals surface area contributed by atoms with Crippen LogP contribution in [0.2, 0.25) is 0 Å². The van der Waals surface area contributed by atoms with E-state index in [9.17, 15) is 92.2 Å². The van der Waals surface area contributed by atoms with E-state index in [1.807, 2.05) is 6.92 Å². The molecule has 0 atom stereocenters. The van der Waals surface area contributed by atoms with Gasteiger partial charge in [0.1, 0.15) is 0 Å². The Morgan fingerprint density at radius 3 is 1.18 bits per heavy atom. The van der Waals surface area contributed by atoms with Crippen LogP contribution in [0.5, 0.6) is 0 Å². The van der Waals surface area contributed by atoms with Crippen molar-refractivity contribution in [3.8, 4) is 0 Å². The van der Waals surface area contributed by atoms with Crippen LogP contribution in [0.25, 0.3) is 0 Å². The molecule has 21 heteroatoms. The van der Waals surface area contributed by atoms with Gasteiger partial charge in [0.05, 0.1) is 0 Å². The highest BCUT2D eigenvalue weighted by atomic mass is 19.4. The topological polar surface area (TPSA) is 0 Å². The van der Waals surface area contributed by atoms with Gasteiger partial charge in [-0.3, -0.25) is 0 Å². The fraction of sp³-hybridized carbons (Fsp3) is 0.793. The summed E-state index contributed by atoms with van der Waals surface area (Å²) in [5.41, 5.74) is 1.31. The minimum absolute atomic E-state index is 0.445. The highest BCUT2D eigenvalue weighted by Crippen LogP contribution is 2.67. The van der Waals surface area contributed by atoms with Gasteiger partial charge in [-0.05, 0) is 55.6 Å². The Labute approximate surface area is 270 Å². The normalized spacial score (nSPS) is 20.0. The maximum absolute atomic E-state index is 14.8. The molecule has 0 unspecified atom stereocenters. The van der Waals surface area contributed by atoms with Crippen LogP contribution < -0.4 is 0 Å². The van der Waals surface area contributed by atoms with Crippen molar-refractivity contribution in [3.05, 3.63) is 35.4 Å². The Hall–Kier alpha value is -2.25. The largest absolute Gasteiger partial charge is 0.460 e. The van der Waals surface area contributed by atoms with Gasteiger partial charge in [0.2, 0.25) is 0 Å². The van der Waals surface area contributed by atoms with Crippen molar-refractivity contribution in [1.82, 2.24) is 0 Å². The quantitative estimate of drug-likeness (QED) is 0.116. The molecule has 0 bridgehead atoms. The summed E-state index contributed by atoms with van der Waals surface area (Å²) in [4.78, 5) is 0. The fourth-order valence-corrected chi connectivity index (χ4v) is 5.51. The second-order valence-corrected chi connectivity index (χ2v) is 12.2. The predicted molar refractivity (Wildman–Crippen MR) is 134 cm³/mol. The zero-order chi connectivity index (χ0) is 39.2. The Kier molecular flexibility index (Phi) is 12.3. The van der Waals surface area contributed by atoms with Crippen molar-refractivity contribution in [3.63, 3.8) is 0 Å². The van der Waals surface area contributed by atoms with Crippen molar-refractivity contribution in [2.24, 2.45) is 5.92 Å². The van der Waals surface area contributed by atoms with Gasteiger partial charge < -0.3 is 0 Å². The third-order valence-corrected chi connectivity index (χ3v) is 8.80. The molecule has 0 spiro atoms. The molecule has 0 saturated heterocycles. The molecule has 1 aliphatic rings. The van der Waals surface area contributed by atoms with Gasteiger partial charge in [0, 0.05) is 5.92 Å². The molecule has 0 N–H and O–H groups in total. The Bertz CT molecular complexity index is 1250. The van der Waals surface area contributed by atoms with Crippen LogP contribution in [-0.4, -0.2) is 59.5 Å². The van der Waals surface area contributed by atoms with Gasteiger partial charge in [-0.25, -0.2) is 0 Å². The molecule has 1 aromatic carbocycles. The summed E-state index contributed by atoms with van der Waals surface area (Å²) >= 11 is 0. The summed E-state index contributed by atoms with van der Waals surface area (Å²) in [7, 11) is 0. The van der Waals surface area contributed by atoms with E-state index in [-0.39, 0.29) is 0 Å². The Morgan fingerprint density at radius 1 is 0.440 bits per heavy atom. The van der Waals surface area contributed by atoms with E-state index >= 15 is 0 Å². The third-order valence-electron chi connectivity index (χ3n) is 8.80. The predicted octanol–water partition coefficient (Wildman–Crippen LogP) is 12.8. The van der Waals surface area contributed by atoms with E-state index < -0.39 is 97.0 Å². The standard InChI is InChI=1S/C29H29F21/c1-2-3-4-5-6-7-16-8-10-17(11-9-16)18-12-14-19(15-13-18)20(30,31)21(32,33)22(34,35)23(36,37)24(38,39)25(40,41)26(42,43)27(44,45)28(46,47)29(48,49)50/h8-11,18-19H,2-7,12-15H2,1H3/t18-,19-. The summed E-state index contributed by atoms with van der Waals surface area (Å²) in [6.45, 7) is 2.02. The molecule has 0 heterocycles. The van der Waals surface area contributed by atoms with E-state index in [1.165, 1.54) is 0 Å². The first-order chi connectivity index (χ1) is 22.3.